The largest absolute Gasteiger partial charge is 0.491 e. The lowest BCUT2D eigenvalue weighted by atomic mass is 10.1. The number of benzene rings is 1. The molecule has 1 aliphatic rings. The predicted molar refractivity (Wildman–Crippen MR) is 61.6 cm³/mol. The molecule has 1 aromatic carbocycles. The van der Waals surface area contributed by atoms with Gasteiger partial charge in [-0.25, -0.2) is 9.18 Å². The third-order valence-electron chi connectivity index (χ3n) is 3.19. The van der Waals surface area contributed by atoms with Crippen molar-refractivity contribution in [1.82, 2.24) is 0 Å². The molecule has 0 saturated heterocycles. The molecule has 2 rings (SSSR count). The maximum absolute atomic E-state index is 13.2. The van der Waals surface area contributed by atoms with E-state index >= 15 is 0 Å². The van der Waals surface area contributed by atoms with Gasteiger partial charge in [0, 0.05) is 6.07 Å². The Bertz CT molecular complexity index is 552. The first-order chi connectivity index (χ1) is 9.16. The van der Waals surface area contributed by atoms with Crippen molar-refractivity contribution in [3.63, 3.8) is 0 Å². The summed E-state index contributed by atoms with van der Waals surface area (Å²) in [7, 11) is 0. The van der Waals surface area contributed by atoms with Crippen LogP contribution in [0.3, 0.4) is 0 Å². The summed E-state index contributed by atoms with van der Waals surface area (Å²) in [5, 5.41) is 8.38. The zero-order valence-electron chi connectivity index (χ0n) is 9.93. The van der Waals surface area contributed by atoms with Gasteiger partial charge in [0.2, 0.25) is 0 Å². The average molecular weight is 313 g/mol. The lowest BCUT2D eigenvalue weighted by molar-refractivity contribution is -0.194. The Morgan fingerprint density at radius 1 is 1.40 bits per heavy atom. The number of hydrogen-bond acceptors (Lipinski definition) is 2. The van der Waals surface area contributed by atoms with Crippen molar-refractivity contribution in [3.05, 3.63) is 28.5 Å². The topological polar surface area (TPSA) is 46.5 Å². The van der Waals surface area contributed by atoms with Crippen LogP contribution in [0.4, 0.5) is 17.6 Å². The summed E-state index contributed by atoms with van der Waals surface area (Å²) in [6, 6.07) is 1.44. The first-order valence-electron chi connectivity index (χ1n) is 5.58. The fraction of sp³-hybridized carbons (Fsp3) is 0.417. The lowest BCUT2D eigenvalue weighted by Crippen LogP contribution is -2.30. The molecule has 1 fully saturated rings. The molecule has 0 aliphatic heterocycles. The highest BCUT2D eigenvalue weighted by Crippen LogP contribution is 2.57. The highest BCUT2D eigenvalue weighted by molar-refractivity contribution is 6.34. The summed E-state index contributed by atoms with van der Waals surface area (Å²) in [5.74, 6) is -2.84. The molecule has 0 heterocycles. The highest BCUT2D eigenvalue weighted by atomic mass is 35.5. The van der Waals surface area contributed by atoms with E-state index in [1.807, 2.05) is 0 Å². The Kier molecular flexibility index (Phi) is 3.58. The van der Waals surface area contributed by atoms with Crippen molar-refractivity contribution in [2.45, 2.75) is 19.0 Å². The molecule has 20 heavy (non-hydrogen) atoms. The Labute approximate surface area is 116 Å². The van der Waals surface area contributed by atoms with Gasteiger partial charge in [-0.1, -0.05) is 11.6 Å². The molecule has 0 aromatic heterocycles. The minimum absolute atomic E-state index is 0.0742. The molecule has 0 amide bonds. The zero-order valence-corrected chi connectivity index (χ0v) is 10.7. The van der Waals surface area contributed by atoms with Gasteiger partial charge in [-0.3, -0.25) is 0 Å². The second-order valence-corrected chi connectivity index (χ2v) is 5.02. The van der Waals surface area contributed by atoms with Gasteiger partial charge in [-0.05, 0) is 18.9 Å². The van der Waals surface area contributed by atoms with Crippen LogP contribution in [0.25, 0.3) is 0 Å². The maximum Gasteiger partial charge on any atom is 0.397 e. The standard InChI is InChI=1S/C12H9ClF4O3/c13-9-7(10(18)19)3-6(14)4-8(9)20-5-11(1-2-11)12(15,16)17/h3-4H,1-2,5H2,(H,18,19). The second kappa shape index (κ2) is 4.80. The fourth-order valence-corrected chi connectivity index (χ4v) is 1.95. The predicted octanol–water partition coefficient (Wildman–Crippen LogP) is 3.90. The summed E-state index contributed by atoms with van der Waals surface area (Å²) in [5.41, 5.74) is -2.50. The first kappa shape index (κ1) is 14.9. The molecule has 0 unspecified atom stereocenters. The van der Waals surface area contributed by atoms with Gasteiger partial charge >= 0.3 is 12.1 Å². The van der Waals surface area contributed by atoms with Gasteiger partial charge in [0.1, 0.15) is 23.6 Å². The Morgan fingerprint density at radius 2 is 2.00 bits per heavy atom. The molecular weight excluding hydrogens is 304 g/mol. The number of carboxylic acid groups (broad SMARTS) is 1. The minimum Gasteiger partial charge on any atom is -0.491 e. The van der Waals surface area contributed by atoms with Crippen molar-refractivity contribution in [3.8, 4) is 5.75 Å². The quantitative estimate of drug-likeness (QED) is 0.858. The van der Waals surface area contributed by atoms with Crippen molar-refractivity contribution in [2.75, 3.05) is 6.61 Å². The Balaban J connectivity index is 2.21. The van der Waals surface area contributed by atoms with Crippen LogP contribution in [0.5, 0.6) is 5.75 Å². The number of carbonyl (C=O) groups is 1. The Morgan fingerprint density at radius 3 is 2.45 bits per heavy atom. The summed E-state index contributed by atoms with van der Waals surface area (Å²) in [6.07, 6.45) is -4.56. The van der Waals surface area contributed by atoms with Crippen LogP contribution in [0.2, 0.25) is 5.02 Å². The van der Waals surface area contributed by atoms with Crippen LogP contribution in [0.1, 0.15) is 23.2 Å². The van der Waals surface area contributed by atoms with Gasteiger partial charge in [0.25, 0.3) is 0 Å². The van der Waals surface area contributed by atoms with Crippen molar-refractivity contribution in [2.24, 2.45) is 5.41 Å². The number of halogens is 5. The second-order valence-electron chi connectivity index (χ2n) is 4.64. The molecule has 110 valence electrons. The van der Waals surface area contributed by atoms with E-state index in [2.05, 4.69) is 0 Å². The van der Waals surface area contributed by atoms with Crippen molar-refractivity contribution < 1.29 is 32.2 Å². The van der Waals surface area contributed by atoms with E-state index < -0.39 is 46.3 Å². The van der Waals surface area contributed by atoms with E-state index in [1.165, 1.54) is 0 Å². The Hall–Kier alpha value is -1.50. The van der Waals surface area contributed by atoms with Gasteiger partial charge in [0.15, 0.2) is 0 Å². The van der Waals surface area contributed by atoms with Crippen LogP contribution >= 0.6 is 11.6 Å². The van der Waals surface area contributed by atoms with Gasteiger partial charge in [-0.2, -0.15) is 13.2 Å². The van der Waals surface area contributed by atoms with Gasteiger partial charge < -0.3 is 9.84 Å². The smallest absolute Gasteiger partial charge is 0.397 e. The molecule has 1 aromatic rings. The third kappa shape index (κ3) is 2.67. The average Bonchev–Trinajstić information content (AvgIpc) is 3.10. The molecule has 3 nitrogen and oxygen atoms in total. The van der Waals surface area contributed by atoms with E-state index in [9.17, 15) is 22.4 Å². The van der Waals surface area contributed by atoms with Crippen LogP contribution in [-0.4, -0.2) is 23.9 Å². The summed E-state index contributed by atoms with van der Waals surface area (Å²) in [6.45, 7) is -0.710. The van der Waals surface area contributed by atoms with Crippen LogP contribution in [0, 0.1) is 11.2 Å². The normalized spacial score (nSPS) is 16.9. The van der Waals surface area contributed by atoms with E-state index in [4.69, 9.17) is 21.4 Å². The molecule has 0 spiro atoms. The molecule has 1 saturated carbocycles. The van der Waals surface area contributed by atoms with E-state index in [-0.39, 0.29) is 12.8 Å². The number of hydrogen-bond donors (Lipinski definition) is 1. The van der Waals surface area contributed by atoms with E-state index in [1.54, 1.807) is 0 Å². The minimum atomic E-state index is -4.41. The number of rotatable bonds is 4. The monoisotopic (exact) mass is 312 g/mol. The van der Waals surface area contributed by atoms with Gasteiger partial charge in [0.05, 0.1) is 10.6 Å². The molecule has 0 bridgehead atoms. The third-order valence-corrected chi connectivity index (χ3v) is 3.58. The van der Waals surface area contributed by atoms with Crippen LogP contribution in [0.15, 0.2) is 12.1 Å². The first-order valence-corrected chi connectivity index (χ1v) is 5.96. The summed E-state index contributed by atoms with van der Waals surface area (Å²) in [4.78, 5) is 10.8. The fourth-order valence-electron chi connectivity index (χ4n) is 1.70. The van der Waals surface area contributed by atoms with E-state index in [0.29, 0.717) is 6.07 Å². The number of aromatic carboxylic acids is 1. The SMILES string of the molecule is O=C(O)c1cc(F)cc(OCC2(C(F)(F)F)CC2)c1Cl. The summed E-state index contributed by atoms with van der Waals surface area (Å²) < 4.78 is 56.2. The molecule has 0 radical (unpaired) electrons. The van der Waals surface area contributed by atoms with Crippen molar-refractivity contribution in [1.29, 1.82) is 0 Å². The van der Waals surface area contributed by atoms with Crippen LogP contribution in [-0.2, 0) is 0 Å². The zero-order chi connectivity index (χ0) is 15.1. The number of carboxylic acids is 1. The number of ether oxygens (including phenoxy) is 1. The maximum atomic E-state index is 13.2. The molecular formula is C12H9ClF4O3. The molecule has 8 heteroatoms. The lowest BCUT2D eigenvalue weighted by Gasteiger charge is -2.20. The van der Waals surface area contributed by atoms with Crippen molar-refractivity contribution >= 4 is 17.6 Å². The molecule has 1 N–H and O–H groups in total. The summed E-state index contributed by atoms with van der Waals surface area (Å²) >= 11 is 5.69. The van der Waals surface area contributed by atoms with E-state index in [0.717, 1.165) is 6.07 Å². The highest BCUT2D eigenvalue weighted by Gasteiger charge is 2.63. The van der Waals surface area contributed by atoms with Crippen LogP contribution < -0.4 is 4.74 Å². The number of alkyl halides is 3. The van der Waals surface area contributed by atoms with Gasteiger partial charge in [-0.15, -0.1) is 0 Å². The molecule has 0 atom stereocenters. The molecule has 1 aliphatic carbocycles.